The fourth-order valence-electron chi connectivity index (χ4n) is 3.78. The lowest BCUT2D eigenvalue weighted by Gasteiger charge is -2.28. The topological polar surface area (TPSA) is 21.6 Å². The monoisotopic (exact) mass is 391 g/mol. The summed E-state index contributed by atoms with van der Waals surface area (Å²) in [6.45, 7) is 6.49. The summed E-state index contributed by atoms with van der Waals surface area (Å²) in [5.74, 6) is 0.914. The van der Waals surface area contributed by atoms with Crippen molar-refractivity contribution in [2.75, 3.05) is 7.05 Å². The predicted molar refractivity (Wildman–Crippen MR) is 123 cm³/mol. The van der Waals surface area contributed by atoms with E-state index >= 15 is 0 Å². The maximum Gasteiger partial charge on any atom is 0.120 e. The molecule has 146 valence electrons. The molecule has 0 saturated heterocycles. The second-order valence-electron chi connectivity index (χ2n) is 7.61. The average molecular weight is 391 g/mol. The van der Waals surface area contributed by atoms with E-state index in [4.69, 9.17) is 9.48 Å². The van der Waals surface area contributed by atoms with Crippen molar-refractivity contribution in [3.05, 3.63) is 84.9 Å². The van der Waals surface area contributed by atoms with Crippen LogP contribution in [0.3, 0.4) is 0 Å². The van der Waals surface area contributed by atoms with Crippen LogP contribution < -0.4 is 20.7 Å². The summed E-state index contributed by atoms with van der Waals surface area (Å²) >= 11 is 0. The number of ether oxygens (including phenoxy) is 1. The zero-order valence-corrected chi connectivity index (χ0v) is 18.2. The Hall–Kier alpha value is -2.31. The molecule has 0 bridgehead atoms. The number of rotatable bonds is 7. The highest BCUT2D eigenvalue weighted by Crippen LogP contribution is 2.46. The van der Waals surface area contributed by atoms with Crippen LogP contribution in [-0.4, -0.2) is 12.6 Å². The zero-order valence-electron chi connectivity index (χ0n) is 17.3. The first kappa shape index (κ1) is 20.4. The largest absolute Gasteiger partial charge is 0.488 e. The predicted octanol–water partition coefficient (Wildman–Crippen LogP) is 5.75. The molecule has 0 atom stereocenters. The maximum atomic E-state index is 6.24. The van der Waals surface area contributed by atoms with Crippen LogP contribution in [0.1, 0.15) is 33.6 Å². The first-order valence-corrected chi connectivity index (χ1v) is 11.7. The van der Waals surface area contributed by atoms with Gasteiger partial charge in [0.25, 0.3) is 0 Å². The molecule has 2 nitrogen and oxygen atoms in total. The normalized spacial score (nSPS) is 11.9. The van der Waals surface area contributed by atoms with E-state index in [1.807, 2.05) is 7.05 Å². The van der Waals surface area contributed by atoms with Gasteiger partial charge in [-0.15, -0.1) is 0 Å². The van der Waals surface area contributed by atoms with Crippen LogP contribution in [-0.2, 0) is 0 Å². The maximum absolute atomic E-state index is 6.24. The molecule has 0 heterocycles. The van der Waals surface area contributed by atoms with Gasteiger partial charge in [-0.25, -0.2) is 0 Å². The Labute approximate surface area is 169 Å². The third-order valence-electron chi connectivity index (χ3n) is 5.02. The van der Waals surface area contributed by atoms with E-state index in [1.54, 1.807) is 0 Å². The molecule has 3 aromatic rings. The van der Waals surface area contributed by atoms with Crippen molar-refractivity contribution in [3.8, 4) is 5.75 Å². The first-order valence-electron chi connectivity index (χ1n) is 9.93. The Morgan fingerprint density at radius 3 is 1.64 bits per heavy atom. The van der Waals surface area contributed by atoms with Crippen molar-refractivity contribution in [2.45, 2.75) is 39.2 Å². The van der Waals surface area contributed by atoms with Gasteiger partial charge in [0.2, 0.25) is 0 Å². The van der Waals surface area contributed by atoms with Gasteiger partial charge >= 0.3 is 0 Å². The molecule has 3 rings (SSSR count). The van der Waals surface area contributed by atoms with Crippen molar-refractivity contribution < 1.29 is 4.74 Å². The summed E-state index contributed by atoms with van der Waals surface area (Å²) in [6, 6.07) is 29.9. The molecule has 0 aliphatic rings. The fraction of sp³-hybridized carbons (Fsp3) is 0.280. The summed E-state index contributed by atoms with van der Waals surface area (Å²) in [4.78, 5) is 0. The standard InChI is InChI=1S/C25H30NOP/c1-5-20-25(2,3)27-21-16-18-24(19-17-21)28(26-4,22-12-8-6-9-13-22)23-14-10-7-11-15-23/h6-19H,5,20H2,1-4H3. The van der Waals surface area contributed by atoms with Gasteiger partial charge in [0.15, 0.2) is 0 Å². The van der Waals surface area contributed by atoms with E-state index in [1.165, 1.54) is 15.9 Å². The second kappa shape index (κ2) is 8.80. The molecule has 0 radical (unpaired) electrons. The molecular weight excluding hydrogens is 361 g/mol. The second-order valence-corrected chi connectivity index (χ2v) is 10.8. The van der Waals surface area contributed by atoms with Crippen LogP contribution in [0.2, 0.25) is 0 Å². The van der Waals surface area contributed by atoms with Gasteiger partial charge in [-0.3, -0.25) is 4.74 Å². The van der Waals surface area contributed by atoms with Crippen LogP contribution in [0.4, 0.5) is 0 Å². The number of hydrogen-bond donors (Lipinski definition) is 0. The molecule has 0 amide bonds. The molecule has 28 heavy (non-hydrogen) atoms. The highest BCUT2D eigenvalue weighted by atomic mass is 31.2. The van der Waals surface area contributed by atoms with Crippen LogP contribution >= 0.6 is 7.05 Å². The highest BCUT2D eigenvalue weighted by molar-refractivity contribution is 7.87. The van der Waals surface area contributed by atoms with Crippen molar-refractivity contribution in [3.63, 3.8) is 0 Å². The van der Waals surface area contributed by atoms with Gasteiger partial charge in [0.05, 0.1) is 7.05 Å². The van der Waals surface area contributed by atoms with E-state index < -0.39 is 7.05 Å². The van der Waals surface area contributed by atoms with Crippen molar-refractivity contribution in [2.24, 2.45) is 4.74 Å². The third kappa shape index (κ3) is 4.23. The Morgan fingerprint density at radius 1 is 0.750 bits per heavy atom. The molecule has 0 aromatic heterocycles. The summed E-state index contributed by atoms with van der Waals surface area (Å²) in [5, 5.41) is 3.78. The molecule has 0 aliphatic carbocycles. The molecule has 0 unspecified atom stereocenters. The van der Waals surface area contributed by atoms with Crippen molar-refractivity contribution in [1.82, 2.24) is 0 Å². The van der Waals surface area contributed by atoms with Crippen LogP contribution in [0, 0.1) is 0 Å². The van der Waals surface area contributed by atoms with Gasteiger partial charge in [-0.05, 0) is 44.5 Å². The molecule has 3 aromatic carbocycles. The Bertz CT molecular complexity index is 888. The van der Waals surface area contributed by atoms with E-state index in [0.29, 0.717) is 0 Å². The van der Waals surface area contributed by atoms with Crippen molar-refractivity contribution >= 4 is 23.0 Å². The van der Waals surface area contributed by atoms with E-state index in [0.717, 1.165) is 18.6 Å². The van der Waals surface area contributed by atoms with Crippen LogP contribution in [0.15, 0.2) is 89.7 Å². The molecular formula is C25H30NOP. The Balaban J connectivity index is 2.08. The molecule has 0 saturated carbocycles. The lowest BCUT2D eigenvalue weighted by Crippen LogP contribution is -2.28. The van der Waals surface area contributed by atoms with Crippen LogP contribution in [0.25, 0.3) is 0 Å². The minimum Gasteiger partial charge on any atom is -0.488 e. The fourth-order valence-corrected chi connectivity index (χ4v) is 7.16. The highest BCUT2D eigenvalue weighted by Gasteiger charge is 2.26. The smallest absolute Gasteiger partial charge is 0.120 e. The number of nitrogens with zero attached hydrogens (tertiary/aromatic N) is 1. The minimum atomic E-state index is -2.05. The van der Waals surface area contributed by atoms with E-state index in [-0.39, 0.29) is 5.60 Å². The average Bonchev–Trinajstić information content (AvgIpc) is 2.71. The number of benzene rings is 3. The molecule has 0 aliphatic heterocycles. The zero-order chi connectivity index (χ0) is 20.0. The van der Waals surface area contributed by atoms with E-state index in [9.17, 15) is 0 Å². The quantitative estimate of drug-likeness (QED) is 0.470. The van der Waals surface area contributed by atoms with Gasteiger partial charge in [-0.2, -0.15) is 0 Å². The SMILES string of the molecule is CCCC(C)(C)Oc1ccc(P(=NC)(c2ccccc2)c2ccccc2)cc1. The Kier molecular flexibility index (Phi) is 6.42. The minimum absolute atomic E-state index is 0.156. The summed E-state index contributed by atoms with van der Waals surface area (Å²) in [7, 11) is -0.101. The lowest BCUT2D eigenvalue weighted by atomic mass is 10.0. The Morgan fingerprint density at radius 2 is 1.21 bits per heavy atom. The summed E-state index contributed by atoms with van der Waals surface area (Å²) in [5.41, 5.74) is -0.156. The molecule has 0 spiro atoms. The third-order valence-corrected chi connectivity index (χ3v) is 8.75. The van der Waals surface area contributed by atoms with Gasteiger partial charge in [-0.1, -0.05) is 74.0 Å². The number of hydrogen-bond acceptors (Lipinski definition) is 2. The van der Waals surface area contributed by atoms with Gasteiger partial charge in [0.1, 0.15) is 11.4 Å². The summed E-state index contributed by atoms with van der Waals surface area (Å²) in [6.07, 6.45) is 2.14. The van der Waals surface area contributed by atoms with Gasteiger partial charge in [0, 0.05) is 23.0 Å². The van der Waals surface area contributed by atoms with Gasteiger partial charge < -0.3 is 4.74 Å². The lowest BCUT2D eigenvalue weighted by molar-refractivity contribution is 0.0986. The molecule has 0 N–H and O–H groups in total. The summed E-state index contributed by atoms with van der Waals surface area (Å²) < 4.78 is 11.3. The van der Waals surface area contributed by atoms with Crippen molar-refractivity contribution in [1.29, 1.82) is 0 Å². The van der Waals surface area contributed by atoms with Crippen LogP contribution in [0.5, 0.6) is 5.75 Å². The molecule has 3 heteroatoms. The first-order chi connectivity index (χ1) is 13.5. The van der Waals surface area contributed by atoms with E-state index in [2.05, 4.69) is 106 Å². The molecule has 0 fully saturated rings.